The molecule has 2 unspecified atom stereocenters. The molecule has 0 aliphatic carbocycles. The van der Waals surface area contributed by atoms with Crippen LogP contribution in [0.5, 0.6) is 0 Å². The minimum atomic E-state index is -0.884. The molecule has 2 atom stereocenters. The Kier molecular flexibility index (Phi) is 29.8. The molecule has 48 heavy (non-hydrogen) atoms. The monoisotopic (exact) mass is 677 g/mol. The molecule has 0 saturated heterocycles. The van der Waals surface area contributed by atoms with Crippen LogP contribution in [0.4, 0.5) is 0 Å². The van der Waals surface area contributed by atoms with Gasteiger partial charge < -0.3 is 23.8 Å². The zero-order valence-corrected chi connectivity index (χ0v) is 31.2. The molecule has 0 spiro atoms. The number of nitrogens with zero attached hydrogens (tertiary/aromatic N) is 1. The Bertz CT molecular complexity index is 932. The van der Waals surface area contributed by atoms with Crippen molar-refractivity contribution in [2.75, 3.05) is 41.0 Å². The molecule has 0 radical (unpaired) electrons. The Morgan fingerprint density at radius 3 is 1.73 bits per heavy atom. The van der Waals surface area contributed by atoms with Crippen LogP contribution in [-0.2, 0) is 28.6 Å². The summed E-state index contributed by atoms with van der Waals surface area (Å²) >= 11 is 0. The quantitative estimate of drug-likeness (QED) is 0.0328. The first kappa shape index (κ1) is 45.3. The second-order valence-electron chi connectivity index (χ2n) is 13.4. The molecule has 0 fully saturated rings. The van der Waals surface area contributed by atoms with Gasteiger partial charge in [0.2, 0.25) is 0 Å². The van der Waals surface area contributed by atoms with E-state index < -0.39 is 18.1 Å². The van der Waals surface area contributed by atoms with Crippen molar-refractivity contribution in [1.82, 2.24) is 0 Å². The van der Waals surface area contributed by atoms with E-state index in [0.717, 1.165) is 89.9 Å². The van der Waals surface area contributed by atoms with E-state index in [1.807, 2.05) is 21.1 Å². The average Bonchev–Trinajstić information content (AvgIpc) is 3.03. The van der Waals surface area contributed by atoms with E-state index in [-0.39, 0.29) is 36.2 Å². The lowest BCUT2D eigenvalue weighted by molar-refractivity contribution is -0.887. The maximum absolute atomic E-state index is 12.6. The van der Waals surface area contributed by atoms with Gasteiger partial charge in [0.1, 0.15) is 6.61 Å². The number of hydrogen-bond acceptors (Lipinski definition) is 6. The molecule has 0 rings (SSSR count). The van der Waals surface area contributed by atoms with Crippen LogP contribution in [-0.4, -0.2) is 80.6 Å². The van der Waals surface area contributed by atoms with Crippen LogP contribution in [0.2, 0.25) is 0 Å². The second kappa shape index (κ2) is 31.6. The van der Waals surface area contributed by atoms with Gasteiger partial charge in [-0.05, 0) is 64.2 Å². The van der Waals surface area contributed by atoms with Gasteiger partial charge >= 0.3 is 17.9 Å². The first-order valence-electron chi connectivity index (χ1n) is 18.7. The largest absolute Gasteiger partial charge is 0.477 e. The molecule has 0 aromatic heterocycles. The average molecular weight is 677 g/mol. The summed E-state index contributed by atoms with van der Waals surface area (Å²) in [5.74, 6) is -1.52. The number of quaternary nitrogens is 1. The third kappa shape index (κ3) is 29.4. The number of carboxylic acid groups (broad SMARTS) is 1. The van der Waals surface area contributed by atoms with Gasteiger partial charge in [-0.3, -0.25) is 9.59 Å². The SMILES string of the molecule is CC/C=C/C/C=C/C/C=C/CCCCCCC(=O)OC(COCCC(C(=O)O)[N+](C)(C)C)COC(=O)CCCCCC/C=C/CCCC. The van der Waals surface area contributed by atoms with Crippen LogP contribution in [0, 0.1) is 0 Å². The Balaban J connectivity index is 4.50. The molecular formula is C40H70NO7+. The number of ether oxygens (including phenoxy) is 3. The van der Waals surface area contributed by atoms with E-state index in [1.165, 1.54) is 12.8 Å². The minimum absolute atomic E-state index is 0.0469. The van der Waals surface area contributed by atoms with Gasteiger partial charge in [0.15, 0.2) is 12.1 Å². The number of unbranched alkanes of at least 4 members (excludes halogenated alkanes) is 10. The number of esters is 2. The Morgan fingerprint density at radius 1 is 0.646 bits per heavy atom. The summed E-state index contributed by atoms with van der Waals surface area (Å²) in [6, 6.07) is -0.619. The lowest BCUT2D eigenvalue weighted by Crippen LogP contribution is -2.50. The summed E-state index contributed by atoms with van der Waals surface area (Å²) in [6.45, 7) is 4.51. The molecular weight excluding hydrogens is 606 g/mol. The van der Waals surface area contributed by atoms with Gasteiger partial charge in [0, 0.05) is 19.3 Å². The third-order valence-corrected chi connectivity index (χ3v) is 7.96. The first-order valence-corrected chi connectivity index (χ1v) is 18.7. The molecule has 8 heteroatoms. The Hall–Kier alpha value is -2.71. The van der Waals surface area contributed by atoms with Crippen molar-refractivity contribution in [3.05, 3.63) is 48.6 Å². The van der Waals surface area contributed by atoms with Crippen molar-refractivity contribution >= 4 is 17.9 Å². The maximum Gasteiger partial charge on any atom is 0.362 e. The van der Waals surface area contributed by atoms with Gasteiger partial charge in [-0.2, -0.15) is 0 Å². The Labute approximate surface area is 293 Å². The van der Waals surface area contributed by atoms with E-state index in [4.69, 9.17) is 14.2 Å². The number of rotatable bonds is 32. The van der Waals surface area contributed by atoms with Crippen molar-refractivity contribution in [3.63, 3.8) is 0 Å². The fourth-order valence-electron chi connectivity index (χ4n) is 5.03. The first-order chi connectivity index (χ1) is 23.1. The lowest BCUT2D eigenvalue weighted by atomic mass is 10.1. The second-order valence-corrected chi connectivity index (χ2v) is 13.4. The highest BCUT2D eigenvalue weighted by atomic mass is 16.6. The van der Waals surface area contributed by atoms with Crippen molar-refractivity contribution in [3.8, 4) is 0 Å². The number of carbonyl (C=O) groups is 3. The highest BCUT2D eigenvalue weighted by Crippen LogP contribution is 2.12. The van der Waals surface area contributed by atoms with Crippen LogP contribution in [0.3, 0.4) is 0 Å². The van der Waals surface area contributed by atoms with Crippen molar-refractivity contribution in [1.29, 1.82) is 0 Å². The molecule has 276 valence electrons. The van der Waals surface area contributed by atoms with E-state index >= 15 is 0 Å². The predicted octanol–water partition coefficient (Wildman–Crippen LogP) is 9.29. The summed E-state index contributed by atoms with van der Waals surface area (Å²) in [5, 5.41) is 9.57. The number of hydrogen-bond donors (Lipinski definition) is 1. The fourth-order valence-corrected chi connectivity index (χ4v) is 5.03. The molecule has 0 aliphatic rings. The Morgan fingerprint density at radius 2 is 1.17 bits per heavy atom. The molecule has 0 amide bonds. The summed E-state index contributed by atoms with van der Waals surface area (Å²) in [6.07, 6.45) is 34.4. The van der Waals surface area contributed by atoms with Gasteiger partial charge in [-0.15, -0.1) is 0 Å². The summed E-state index contributed by atoms with van der Waals surface area (Å²) in [4.78, 5) is 36.7. The number of carbonyl (C=O) groups excluding carboxylic acids is 2. The van der Waals surface area contributed by atoms with Gasteiger partial charge in [-0.1, -0.05) is 101 Å². The molecule has 0 aromatic rings. The van der Waals surface area contributed by atoms with E-state index in [2.05, 4.69) is 62.5 Å². The maximum atomic E-state index is 12.6. The van der Waals surface area contributed by atoms with Crippen LogP contribution in [0.25, 0.3) is 0 Å². The van der Waals surface area contributed by atoms with Gasteiger partial charge in [0.05, 0.1) is 34.4 Å². The summed E-state index contributed by atoms with van der Waals surface area (Å²) in [5.41, 5.74) is 0. The molecule has 8 nitrogen and oxygen atoms in total. The van der Waals surface area contributed by atoms with Crippen molar-refractivity contribution in [2.45, 2.75) is 148 Å². The normalized spacial score (nSPS) is 13.6. The van der Waals surface area contributed by atoms with Gasteiger partial charge in [-0.25, -0.2) is 4.79 Å². The number of aliphatic carboxylic acids is 1. The topological polar surface area (TPSA) is 99.1 Å². The standard InChI is InChI=1S/C40H69NO7/c1-6-8-10-12-14-16-18-19-20-21-23-25-27-29-31-39(43)48-36(34-46-33-32-37(40(44)45)41(3,4)5)35-47-38(42)30-28-26-24-22-17-15-13-11-9-7-2/h8,10,13-16,19-20,36-37H,6-7,9,11-12,17-18,21-35H2,1-5H3/p+1/b10-8+,15-13+,16-14+,20-19+. The highest BCUT2D eigenvalue weighted by molar-refractivity contribution is 5.72. The van der Waals surface area contributed by atoms with Crippen LogP contribution in [0.15, 0.2) is 48.6 Å². The zero-order valence-electron chi connectivity index (χ0n) is 31.2. The number of carboxylic acids is 1. The molecule has 0 heterocycles. The fraction of sp³-hybridized carbons (Fsp3) is 0.725. The zero-order chi connectivity index (χ0) is 35.7. The van der Waals surface area contributed by atoms with Crippen molar-refractivity contribution in [2.24, 2.45) is 0 Å². The predicted molar refractivity (Wildman–Crippen MR) is 197 cm³/mol. The van der Waals surface area contributed by atoms with Crippen molar-refractivity contribution < 1.29 is 38.2 Å². The lowest BCUT2D eigenvalue weighted by Gasteiger charge is -2.31. The molecule has 1 N–H and O–H groups in total. The van der Waals surface area contributed by atoms with Crippen LogP contribution in [0.1, 0.15) is 136 Å². The van der Waals surface area contributed by atoms with Crippen LogP contribution < -0.4 is 0 Å². The van der Waals surface area contributed by atoms with E-state index in [1.54, 1.807) is 0 Å². The van der Waals surface area contributed by atoms with Gasteiger partial charge in [0.25, 0.3) is 0 Å². The summed E-state index contributed by atoms with van der Waals surface area (Å²) in [7, 11) is 5.49. The number of allylic oxidation sites excluding steroid dienone is 8. The molecule has 0 aliphatic heterocycles. The summed E-state index contributed by atoms with van der Waals surface area (Å²) < 4.78 is 17.1. The minimum Gasteiger partial charge on any atom is -0.477 e. The highest BCUT2D eigenvalue weighted by Gasteiger charge is 2.31. The van der Waals surface area contributed by atoms with Crippen LogP contribution >= 0.6 is 0 Å². The molecule has 0 saturated carbocycles. The smallest absolute Gasteiger partial charge is 0.362 e. The third-order valence-electron chi connectivity index (χ3n) is 7.96. The molecule has 0 bridgehead atoms. The van der Waals surface area contributed by atoms with E-state index in [9.17, 15) is 19.5 Å². The molecule has 0 aromatic carbocycles. The number of likely N-dealkylation sites (N-methyl/N-ethyl adjacent to an activating group) is 1. The van der Waals surface area contributed by atoms with E-state index in [0.29, 0.717) is 19.3 Å².